The van der Waals surface area contributed by atoms with E-state index < -0.39 is 0 Å². The van der Waals surface area contributed by atoms with E-state index in [1.807, 2.05) is 61.5 Å². The zero-order chi connectivity index (χ0) is 23.9. The number of ether oxygens (including phenoxy) is 3. The molecule has 0 aliphatic carbocycles. The molecule has 6 rings (SSSR count). The number of fused-ring (bicyclic) bond motifs is 4. The minimum atomic E-state index is -0.230. The largest absolute Gasteiger partial charge is 0.508 e. The van der Waals surface area contributed by atoms with E-state index in [0.29, 0.717) is 23.1 Å². The molecular formula is C27H22N4O4. The summed E-state index contributed by atoms with van der Waals surface area (Å²) in [6.07, 6.45) is 1.58. The average molecular weight is 466 g/mol. The molecule has 0 bridgehead atoms. The Hall–Kier alpha value is -4.59. The highest BCUT2D eigenvalue weighted by atomic mass is 16.5. The van der Waals surface area contributed by atoms with Crippen LogP contribution < -0.4 is 14.2 Å². The summed E-state index contributed by atoms with van der Waals surface area (Å²) in [7, 11) is 1.64. The molecule has 0 saturated carbocycles. The van der Waals surface area contributed by atoms with Crippen molar-refractivity contribution in [2.75, 3.05) is 7.11 Å². The van der Waals surface area contributed by atoms with Crippen LogP contribution in [-0.2, 0) is 6.61 Å². The molecule has 3 heterocycles. The van der Waals surface area contributed by atoms with Crippen molar-refractivity contribution in [1.82, 2.24) is 19.6 Å². The molecule has 35 heavy (non-hydrogen) atoms. The second kappa shape index (κ2) is 8.32. The van der Waals surface area contributed by atoms with Gasteiger partial charge in [-0.25, -0.2) is 14.5 Å². The summed E-state index contributed by atoms with van der Waals surface area (Å²) in [5, 5.41) is 14.6. The van der Waals surface area contributed by atoms with E-state index in [-0.39, 0.29) is 18.3 Å². The molecule has 1 aliphatic heterocycles. The van der Waals surface area contributed by atoms with Gasteiger partial charge < -0.3 is 19.3 Å². The molecule has 3 aromatic carbocycles. The molecule has 8 heteroatoms. The molecular weight excluding hydrogens is 444 g/mol. The molecule has 0 unspecified atom stereocenters. The number of methoxy groups -OCH3 is 1. The summed E-state index contributed by atoms with van der Waals surface area (Å²) in [5.74, 6) is 2.92. The highest BCUT2D eigenvalue weighted by Gasteiger charge is 2.33. The standard InChI is InChI=1S/C27H22N4O4/c1-16-3-8-20(9-4-16)34-14-23-29-26-25-24(17-5-10-19(33-2)11-6-17)21-12-7-18(32)13-22(21)35-27(25)28-15-31(26)30-23/h3-13,15,24,32H,14H2,1-2H3/t24-/m0/s1. The van der Waals surface area contributed by atoms with E-state index in [2.05, 4.69) is 10.1 Å². The van der Waals surface area contributed by atoms with Gasteiger partial charge in [0.1, 0.15) is 35.9 Å². The predicted molar refractivity (Wildman–Crippen MR) is 128 cm³/mol. The topological polar surface area (TPSA) is 91.0 Å². The summed E-state index contributed by atoms with van der Waals surface area (Å²) in [6, 6.07) is 20.8. The minimum Gasteiger partial charge on any atom is -0.508 e. The molecule has 8 nitrogen and oxygen atoms in total. The number of hydrogen-bond acceptors (Lipinski definition) is 7. The van der Waals surface area contributed by atoms with Gasteiger partial charge in [0.2, 0.25) is 5.88 Å². The lowest BCUT2D eigenvalue weighted by Gasteiger charge is -2.28. The van der Waals surface area contributed by atoms with Gasteiger partial charge in [0.25, 0.3) is 0 Å². The molecule has 1 aliphatic rings. The van der Waals surface area contributed by atoms with Gasteiger partial charge in [-0.2, -0.15) is 0 Å². The van der Waals surface area contributed by atoms with Crippen molar-refractivity contribution in [3.8, 4) is 28.9 Å². The molecule has 2 aromatic heterocycles. The van der Waals surface area contributed by atoms with Crippen molar-refractivity contribution in [1.29, 1.82) is 0 Å². The molecule has 0 radical (unpaired) electrons. The quantitative estimate of drug-likeness (QED) is 0.382. The van der Waals surface area contributed by atoms with Crippen LogP contribution in [0.25, 0.3) is 5.65 Å². The van der Waals surface area contributed by atoms with E-state index in [1.165, 1.54) is 5.56 Å². The Morgan fingerprint density at radius 2 is 1.77 bits per heavy atom. The summed E-state index contributed by atoms with van der Waals surface area (Å²) in [5.41, 5.74) is 4.51. The van der Waals surface area contributed by atoms with Crippen molar-refractivity contribution in [2.45, 2.75) is 19.4 Å². The van der Waals surface area contributed by atoms with Crippen LogP contribution >= 0.6 is 0 Å². The number of nitrogens with zero attached hydrogens (tertiary/aromatic N) is 4. The highest BCUT2D eigenvalue weighted by Crippen LogP contribution is 2.48. The number of aromatic hydroxyl groups is 1. The van der Waals surface area contributed by atoms with E-state index in [9.17, 15) is 5.11 Å². The van der Waals surface area contributed by atoms with Crippen LogP contribution in [0.2, 0.25) is 0 Å². The van der Waals surface area contributed by atoms with Gasteiger partial charge in [-0.15, -0.1) is 5.10 Å². The maximum atomic E-state index is 10.0. The first-order valence-corrected chi connectivity index (χ1v) is 11.2. The Bertz CT molecular complexity index is 1530. The first-order valence-electron chi connectivity index (χ1n) is 11.2. The van der Waals surface area contributed by atoms with E-state index in [4.69, 9.17) is 19.2 Å². The van der Waals surface area contributed by atoms with Gasteiger partial charge in [-0.3, -0.25) is 0 Å². The van der Waals surface area contributed by atoms with Crippen LogP contribution in [-0.4, -0.2) is 31.8 Å². The van der Waals surface area contributed by atoms with Crippen LogP contribution in [0.4, 0.5) is 0 Å². The van der Waals surface area contributed by atoms with E-state index in [0.717, 1.165) is 28.2 Å². The van der Waals surface area contributed by atoms with Crippen LogP contribution in [0.3, 0.4) is 0 Å². The Labute approximate surface area is 201 Å². The predicted octanol–water partition coefficient (Wildman–Crippen LogP) is 5.01. The van der Waals surface area contributed by atoms with E-state index >= 15 is 0 Å². The number of aryl methyl sites for hydroxylation is 1. The van der Waals surface area contributed by atoms with Gasteiger partial charge in [0, 0.05) is 17.5 Å². The first-order chi connectivity index (χ1) is 17.1. The third-order valence-corrected chi connectivity index (χ3v) is 6.07. The number of phenols is 1. The lowest BCUT2D eigenvalue weighted by molar-refractivity contribution is 0.296. The van der Waals surface area contributed by atoms with Crippen molar-refractivity contribution < 1.29 is 19.3 Å². The Kier molecular flexibility index (Phi) is 4.99. The Morgan fingerprint density at radius 1 is 1.00 bits per heavy atom. The molecule has 5 aromatic rings. The normalized spacial score (nSPS) is 14.2. The Balaban J connectivity index is 1.44. The number of aromatic nitrogens is 4. The SMILES string of the molecule is COc1ccc([C@H]2c3ccc(O)cc3Oc3ncn4nc(COc5ccc(C)cc5)nc4c32)cc1. The maximum absolute atomic E-state index is 10.0. The molecule has 1 atom stereocenters. The van der Waals surface area contributed by atoms with Crippen molar-refractivity contribution >= 4 is 5.65 Å². The summed E-state index contributed by atoms with van der Waals surface area (Å²) in [6.45, 7) is 2.25. The molecule has 0 fully saturated rings. The fraction of sp³-hybridized carbons (Fsp3) is 0.148. The monoisotopic (exact) mass is 466 g/mol. The molecule has 0 saturated heterocycles. The van der Waals surface area contributed by atoms with Crippen molar-refractivity contribution in [3.05, 3.63) is 101 Å². The second-order valence-corrected chi connectivity index (χ2v) is 8.39. The lowest BCUT2D eigenvalue weighted by Crippen LogP contribution is -2.15. The maximum Gasteiger partial charge on any atom is 0.228 e. The molecule has 0 amide bonds. The molecule has 174 valence electrons. The summed E-state index contributed by atoms with van der Waals surface area (Å²) < 4.78 is 19.0. The van der Waals surface area contributed by atoms with Gasteiger partial charge in [0.05, 0.1) is 12.7 Å². The van der Waals surface area contributed by atoms with Crippen LogP contribution in [0.1, 0.15) is 34.0 Å². The Morgan fingerprint density at radius 3 is 2.54 bits per heavy atom. The van der Waals surface area contributed by atoms with Crippen molar-refractivity contribution in [3.63, 3.8) is 0 Å². The smallest absolute Gasteiger partial charge is 0.228 e. The third-order valence-electron chi connectivity index (χ3n) is 6.07. The average Bonchev–Trinajstić information content (AvgIpc) is 3.30. The van der Waals surface area contributed by atoms with Crippen LogP contribution in [0, 0.1) is 6.92 Å². The fourth-order valence-electron chi connectivity index (χ4n) is 4.33. The number of phenolic OH excluding ortho intramolecular Hbond substituents is 1. The second-order valence-electron chi connectivity index (χ2n) is 8.39. The van der Waals surface area contributed by atoms with Crippen LogP contribution in [0.15, 0.2) is 73.1 Å². The minimum absolute atomic E-state index is 0.125. The summed E-state index contributed by atoms with van der Waals surface area (Å²) in [4.78, 5) is 9.31. The number of hydrogen-bond donors (Lipinski definition) is 1. The van der Waals surface area contributed by atoms with Crippen LogP contribution in [0.5, 0.6) is 28.9 Å². The van der Waals surface area contributed by atoms with Gasteiger partial charge in [-0.05, 0) is 42.8 Å². The zero-order valence-electron chi connectivity index (χ0n) is 19.2. The fourth-order valence-corrected chi connectivity index (χ4v) is 4.33. The highest BCUT2D eigenvalue weighted by molar-refractivity contribution is 5.66. The van der Waals surface area contributed by atoms with Gasteiger partial charge in [-0.1, -0.05) is 35.9 Å². The number of benzene rings is 3. The molecule has 1 N–H and O–H groups in total. The lowest BCUT2D eigenvalue weighted by atomic mass is 9.84. The van der Waals surface area contributed by atoms with Gasteiger partial charge >= 0.3 is 0 Å². The van der Waals surface area contributed by atoms with Gasteiger partial charge in [0.15, 0.2) is 11.5 Å². The zero-order valence-corrected chi connectivity index (χ0v) is 19.2. The number of rotatable bonds is 5. The van der Waals surface area contributed by atoms with Crippen molar-refractivity contribution in [2.24, 2.45) is 0 Å². The molecule has 0 spiro atoms. The van der Waals surface area contributed by atoms with E-state index in [1.54, 1.807) is 30.1 Å². The summed E-state index contributed by atoms with van der Waals surface area (Å²) >= 11 is 0. The first kappa shape index (κ1) is 21.0. The third kappa shape index (κ3) is 3.78.